The molecule has 1 aliphatic rings. The minimum atomic E-state index is -0.115. The van der Waals surface area contributed by atoms with Gasteiger partial charge in [-0.3, -0.25) is 0 Å². The molecule has 0 aliphatic heterocycles. The van der Waals surface area contributed by atoms with Gasteiger partial charge in [0.05, 0.1) is 0 Å². The number of hydrogen-bond acceptors (Lipinski definition) is 2. The Kier molecular flexibility index (Phi) is 3.90. The first kappa shape index (κ1) is 13.8. The van der Waals surface area contributed by atoms with Gasteiger partial charge in [-0.15, -0.1) is 11.3 Å². The normalized spacial score (nSPS) is 19.6. The number of hydrogen-bond donors (Lipinski definition) is 1. The third-order valence-corrected chi connectivity index (χ3v) is 5.20. The molecule has 0 fully saturated rings. The quantitative estimate of drug-likeness (QED) is 0.845. The molecule has 1 N–H and O–H groups in total. The summed E-state index contributed by atoms with van der Waals surface area (Å²) in [7, 11) is 0. The molecule has 2 unspecified atom stereocenters. The van der Waals surface area contributed by atoms with Crippen LogP contribution >= 0.6 is 11.3 Å². The van der Waals surface area contributed by atoms with E-state index >= 15 is 0 Å². The van der Waals surface area contributed by atoms with Crippen LogP contribution in [0.3, 0.4) is 0 Å². The van der Waals surface area contributed by atoms with Crippen molar-refractivity contribution < 1.29 is 4.39 Å². The molecule has 1 aromatic heterocycles. The molecule has 20 heavy (non-hydrogen) atoms. The summed E-state index contributed by atoms with van der Waals surface area (Å²) in [6, 6.07) is 8.35. The standard InChI is InChI=1S/C17H20FNS/c1-11-6-7-13(10-15(11)18)12(2)19-16-4-3-5-17-14(16)8-9-20-17/h6-10,12,16,19H,3-5H2,1-2H3. The van der Waals surface area contributed by atoms with Crippen LogP contribution < -0.4 is 5.32 Å². The van der Waals surface area contributed by atoms with Crippen molar-refractivity contribution in [1.82, 2.24) is 5.32 Å². The first-order chi connectivity index (χ1) is 9.65. The van der Waals surface area contributed by atoms with Crippen LogP contribution in [-0.2, 0) is 6.42 Å². The number of fused-ring (bicyclic) bond motifs is 1. The van der Waals surface area contributed by atoms with Gasteiger partial charge >= 0.3 is 0 Å². The second-order valence-corrected chi connectivity index (χ2v) is 6.64. The lowest BCUT2D eigenvalue weighted by molar-refractivity contribution is 0.417. The van der Waals surface area contributed by atoms with E-state index in [1.54, 1.807) is 13.0 Å². The van der Waals surface area contributed by atoms with Crippen LogP contribution in [-0.4, -0.2) is 0 Å². The van der Waals surface area contributed by atoms with E-state index in [2.05, 4.69) is 23.7 Å². The number of rotatable bonds is 3. The van der Waals surface area contributed by atoms with Crippen LogP contribution in [0.2, 0.25) is 0 Å². The zero-order chi connectivity index (χ0) is 14.1. The lowest BCUT2D eigenvalue weighted by Crippen LogP contribution is -2.27. The lowest BCUT2D eigenvalue weighted by Gasteiger charge is -2.27. The Morgan fingerprint density at radius 3 is 3.00 bits per heavy atom. The fraction of sp³-hybridized carbons (Fsp3) is 0.412. The largest absolute Gasteiger partial charge is 0.303 e. The average molecular weight is 289 g/mol. The summed E-state index contributed by atoms with van der Waals surface area (Å²) in [6.07, 6.45) is 3.61. The van der Waals surface area contributed by atoms with Gasteiger partial charge in [-0.1, -0.05) is 12.1 Å². The minimum absolute atomic E-state index is 0.115. The molecule has 3 rings (SSSR count). The molecule has 1 aliphatic carbocycles. The molecule has 1 aromatic carbocycles. The molecular weight excluding hydrogens is 269 g/mol. The third kappa shape index (κ3) is 2.65. The highest BCUT2D eigenvalue weighted by molar-refractivity contribution is 7.10. The molecule has 1 heterocycles. The van der Waals surface area contributed by atoms with Crippen LogP contribution in [0.5, 0.6) is 0 Å². The van der Waals surface area contributed by atoms with E-state index in [1.807, 2.05) is 23.5 Å². The van der Waals surface area contributed by atoms with Crippen LogP contribution in [0, 0.1) is 12.7 Å². The van der Waals surface area contributed by atoms with Crippen LogP contribution in [0.25, 0.3) is 0 Å². The predicted octanol–water partition coefficient (Wildman–Crippen LogP) is 4.92. The summed E-state index contributed by atoms with van der Waals surface area (Å²) in [4.78, 5) is 1.51. The Bertz CT molecular complexity index is 605. The predicted molar refractivity (Wildman–Crippen MR) is 82.7 cm³/mol. The minimum Gasteiger partial charge on any atom is -0.303 e. The maximum atomic E-state index is 13.7. The summed E-state index contributed by atoms with van der Waals surface area (Å²) in [5, 5.41) is 5.85. The molecule has 106 valence electrons. The third-order valence-electron chi connectivity index (χ3n) is 4.20. The fourth-order valence-corrected chi connectivity index (χ4v) is 3.92. The van der Waals surface area contributed by atoms with E-state index in [9.17, 15) is 4.39 Å². The summed E-state index contributed by atoms with van der Waals surface area (Å²) < 4.78 is 13.7. The van der Waals surface area contributed by atoms with Crippen LogP contribution in [0.1, 0.15) is 53.4 Å². The smallest absolute Gasteiger partial charge is 0.126 e. The van der Waals surface area contributed by atoms with Crippen molar-refractivity contribution in [2.24, 2.45) is 0 Å². The van der Waals surface area contributed by atoms with E-state index in [1.165, 1.54) is 29.7 Å². The van der Waals surface area contributed by atoms with Gasteiger partial charge in [-0.25, -0.2) is 4.39 Å². The second kappa shape index (κ2) is 5.66. The van der Waals surface area contributed by atoms with E-state index in [0.717, 1.165) is 5.56 Å². The Morgan fingerprint density at radius 1 is 1.35 bits per heavy atom. The number of thiophene rings is 1. The number of halogens is 1. The average Bonchev–Trinajstić information content (AvgIpc) is 2.91. The monoisotopic (exact) mass is 289 g/mol. The molecule has 0 amide bonds. The van der Waals surface area contributed by atoms with Gasteiger partial charge in [0.2, 0.25) is 0 Å². The van der Waals surface area contributed by atoms with Gasteiger partial charge in [0.15, 0.2) is 0 Å². The van der Waals surface area contributed by atoms with Crippen molar-refractivity contribution in [2.45, 2.75) is 45.2 Å². The molecule has 2 aromatic rings. The molecule has 0 saturated carbocycles. The number of benzene rings is 1. The van der Waals surface area contributed by atoms with Crippen molar-refractivity contribution in [1.29, 1.82) is 0 Å². The highest BCUT2D eigenvalue weighted by atomic mass is 32.1. The number of nitrogens with one attached hydrogen (secondary N) is 1. The first-order valence-corrected chi connectivity index (χ1v) is 8.11. The maximum absolute atomic E-state index is 13.7. The van der Waals surface area contributed by atoms with Crippen LogP contribution in [0.15, 0.2) is 29.6 Å². The maximum Gasteiger partial charge on any atom is 0.126 e. The highest BCUT2D eigenvalue weighted by Crippen LogP contribution is 2.34. The van der Waals surface area contributed by atoms with Gasteiger partial charge < -0.3 is 5.32 Å². The fourth-order valence-electron chi connectivity index (χ4n) is 2.94. The first-order valence-electron chi connectivity index (χ1n) is 7.23. The molecule has 0 saturated heterocycles. The molecule has 1 nitrogen and oxygen atoms in total. The van der Waals surface area contributed by atoms with Gasteiger partial charge in [0.1, 0.15) is 5.82 Å². The zero-order valence-electron chi connectivity index (χ0n) is 11.9. The van der Waals surface area contributed by atoms with E-state index in [-0.39, 0.29) is 11.9 Å². The molecule has 0 spiro atoms. The lowest BCUT2D eigenvalue weighted by atomic mass is 9.92. The van der Waals surface area contributed by atoms with Crippen molar-refractivity contribution in [3.8, 4) is 0 Å². The summed E-state index contributed by atoms with van der Waals surface area (Å²) >= 11 is 1.86. The molecule has 3 heteroatoms. The van der Waals surface area contributed by atoms with E-state index in [0.29, 0.717) is 11.6 Å². The highest BCUT2D eigenvalue weighted by Gasteiger charge is 2.22. The second-order valence-electron chi connectivity index (χ2n) is 5.64. The number of aryl methyl sites for hydroxylation is 2. The van der Waals surface area contributed by atoms with Gasteiger partial charge in [0.25, 0.3) is 0 Å². The van der Waals surface area contributed by atoms with Gasteiger partial charge in [0, 0.05) is 17.0 Å². The summed E-state index contributed by atoms with van der Waals surface area (Å²) in [5.74, 6) is -0.115. The Morgan fingerprint density at radius 2 is 2.20 bits per heavy atom. The van der Waals surface area contributed by atoms with Gasteiger partial charge in [-0.2, -0.15) is 0 Å². The van der Waals surface area contributed by atoms with E-state index < -0.39 is 0 Å². The molecular formula is C17H20FNS. The SMILES string of the molecule is Cc1ccc(C(C)NC2CCCc3sccc32)cc1F. The Labute approximate surface area is 123 Å². The van der Waals surface area contributed by atoms with Crippen LogP contribution in [0.4, 0.5) is 4.39 Å². The summed E-state index contributed by atoms with van der Waals surface area (Å²) in [6.45, 7) is 3.92. The topological polar surface area (TPSA) is 12.0 Å². The van der Waals surface area contributed by atoms with Crippen molar-refractivity contribution in [3.63, 3.8) is 0 Å². The van der Waals surface area contributed by atoms with Gasteiger partial charge in [-0.05, 0) is 67.3 Å². The Hall–Kier alpha value is -1.19. The van der Waals surface area contributed by atoms with Crippen molar-refractivity contribution in [2.75, 3.05) is 0 Å². The van der Waals surface area contributed by atoms with Crippen molar-refractivity contribution >= 4 is 11.3 Å². The Balaban J connectivity index is 1.77. The van der Waals surface area contributed by atoms with E-state index in [4.69, 9.17) is 0 Å². The molecule has 0 radical (unpaired) electrons. The summed E-state index contributed by atoms with van der Waals surface area (Å²) in [5.41, 5.74) is 3.18. The zero-order valence-corrected chi connectivity index (χ0v) is 12.8. The van der Waals surface area contributed by atoms with Crippen molar-refractivity contribution in [3.05, 3.63) is 57.0 Å². The molecule has 2 atom stereocenters. The molecule has 0 bridgehead atoms.